The number of aryl methyl sites for hydroxylation is 1. The van der Waals surface area contributed by atoms with Crippen molar-refractivity contribution in [2.24, 2.45) is 0 Å². The molecule has 1 amide bonds. The third-order valence-corrected chi connectivity index (χ3v) is 7.02. The second kappa shape index (κ2) is 9.46. The number of para-hydroxylation sites is 2. The van der Waals surface area contributed by atoms with Crippen LogP contribution in [0.3, 0.4) is 0 Å². The molecule has 3 aromatic carbocycles. The van der Waals surface area contributed by atoms with E-state index in [2.05, 4.69) is 29.6 Å². The Hall–Kier alpha value is -4.19. The minimum absolute atomic E-state index is 0.00965. The summed E-state index contributed by atoms with van der Waals surface area (Å²) >= 11 is 0. The molecule has 2 aliphatic rings. The summed E-state index contributed by atoms with van der Waals surface area (Å²) in [5, 5.41) is 3.52. The first-order valence-corrected chi connectivity index (χ1v) is 12.0. The van der Waals surface area contributed by atoms with Crippen molar-refractivity contribution >= 4 is 29.0 Å². The van der Waals surface area contributed by atoms with Crippen molar-refractivity contribution in [1.82, 2.24) is 0 Å². The number of amides is 1. The predicted octanol–water partition coefficient (Wildman–Crippen LogP) is 5.70. The number of Topliss-reactive ketones (excluding diaryl/α,β-unsaturated/α-hetero) is 1. The number of anilines is 2. The number of rotatable bonds is 3. The van der Waals surface area contributed by atoms with Gasteiger partial charge in [-0.05, 0) is 54.7 Å². The average Bonchev–Trinajstić information content (AvgIpc) is 3.03. The lowest BCUT2D eigenvalue weighted by atomic mass is 9.78. The molecule has 2 atom stereocenters. The van der Waals surface area contributed by atoms with E-state index in [-0.39, 0.29) is 17.6 Å². The predicted molar refractivity (Wildman–Crippen MR) is 139 cm³/mol. The molecule has 0 saturated heterocycles. The van der Waals surface area contributed by atoms with Gasteiger partial charge in [0.2, 0.25) is 5.91 Å². The number of esters is 1. The molecule has 36 heavy (non-hydrogen) atoms. The van der Waals surface area contributed by atoms with E-state index >= 15 is 0 Å². The van der Waals surface area contributed by atoms with Crippen LogP contribution < -0.4 is 10.2 Å². The first kappa shape index (κ1) is 23.5. The van der Waals surface area contributed by atoms with E-state index in [9.17, 15) is 14.4 Å². The summed E-state index contributed by atoms with van der Waals surface area (Å²) in [4.78, 5) is 40.6. The molecule has 1 N–H and O–H groups in total. The number of nitrogens with zero attached hydrogens (tertiary/aromatic N) is 1. The minimum Gasteiger partial charge on any atom is -0.465 e. The number of carbonyl (C=O) groups excluding carboxylic acids is 3. The molecule has 0 unspecified atom stereocenters. The van der Waals surface area contributed by atoms with Crippen LogP contribution in [-0.2, 0) is 14.3 Å². The van der Waals surface area contributed by atoms with Gasteiger partial charge in [-0.25, -0.2) is 4.79 Å². The molecular formula is C30H28N2O4. The van der Waals surface area contributed by atoms with E-state index in [0.717, 1.165) is 22.5 Å². The smallest absolute Gasteiger partial charge is 0.337 e. The number of carbonyl (C=O) groups is 3. The molecule has 0 aromatic heterocycles. The first-order valence-electron chi connectivity index (χ1n) is 12.0. The Bertz CT molecular complexity index is 1370. The van der Waals surface area contributed by atoms with E-state index in [1.807, 2.05) is 31.2 Å². The lowest BCUT2D eigenvalue weighted by Crippen LogP contribution is -2.37. The van der Waals surface area contributed by atoms with Gasteiger partial charge in [-0.2, -0.15) is 0 Å². The molecule has 5 rings (SSSR count). The minimum atomic E-state index is -0.619. The Kier molecular flexibility index (Phi) is 6.18. The standard InChI is InChI=1S/C30H28N2O4/c1-18-8-10-20(11-9-18)23-16-25-28(27(34)17-23)29(21-12-14-22(15-13-21)30(35)36-3)32(19(2)33)26-7-5-4-6-24(26)31-25/h4-15,23,29,31H,16-17H2,1-3H3/t23-,29+/m0/s1. The first-order chi connectivity index (χ1) is 17.4. The Morgan fingerprint density at radius 1 is 0.917 bits per heavy atom. The van der Waals surface area contributed by atoms with Crippen molar-refractivity contribution in [2.75, 3.05) is 17.3 Å². The van der Waals surface area contributed by atoms with E-state index in [0.29, 0.717) is 29.7 Å². The van der Waals surface area contributed by atoms with E-state index in [4.69, 9.17) is 4.74 Å². The highest BCUT2D eigenvalue weighted by Crippen LogP contribution is 2.47. The number of ether oxygens (including phenoxy) is 1. The Morgan fingerprint density at radius 2 is 1.58 bits per heavy atom. The fourth-order valence-electron chi connectivity index (χ4n) is 5.25. The zero-order valence-corrected chi connectivity index (χ0v) is 20.6. The SMILES string of the molecule is COC(=O)c1ccc([C@@H]2C3=C(C[C@H](c4ccc(C)cc4)CC3=O)Nc3ccccc3N2C(C)=O)cc1. The maximum absolute atomic E-state index is 13.8. The number of methoxy groups -OCH3 is 1. The van der Waals surface area contributed by atoms with Crippen LogP contribution in [0.4, 0.5) is 11.4 Å². The van der Waals surface area contributed by atoms with E-state index in [1.165, 1.54) is 19.6 Å². The number of benzene rings is 3. The van der Waals surface area contributed by atoms with Crippen molar-refractivity contribution in [3.8, 4) is 0 Å². The molecule has 6 heteroatoms. The number of ketones is 1. The van der Waals surface area contributed by atoms with Gasteiger partial charge in [0.05, 0.1) is 30.1 Å². The molecular weight excluding hydrogens is 452 g/mol. The van der Waals surface area contributed by atoms with Crippen LogP contribution in [0.1, 0.15) is 58.8 Å². The largest absolute Gasteiger partial charge is 0.465 e. The Balaban J connectivity index is 1.66. The summed E-state index contributed by atoms with van der Waals surface area (Å²) in [6.07, 6.45) is 1.02. The number of hydrogen-bond donors (Lipinski definition) is 1. The molecule has 1 aliphatic heterocycles. The van der Waals surface area contributed by atoms with Crippen LogP contribution in [0.5, 0.6) is 0 Å². The lowest BCUT2D eigenvalue weighted by Gasteiger charge is -2.34. The van der Waals surface area contributed by atoms with Crippen molar-refractivity contribution in [3.05, 3.63) is 106 Å². The zero-order valence-electron chi connectivity index (χ0n) is 20.6. The average molecular weight is 481 g/mol. The molecule has 1 aliphatic carbocycles. The van der Waals surface area contributed by atoms with Crippen molar-refractivity contribution in [2.45, 2.75) is 38.6 Å². The number of nitrogens with one attached hydrogen (secondary N) is 1. The summed E-state index contributed by atoms with van der Waals surface area (Å²) in [7, 11) is 1.34. The highest BCUT2D eigenvalue weighted by molar-refractivity contribution is 6.06. The van der Waals surface area contributed by atoms with E-state index < -0.39 is 12.0 Å². The van der Waals surface area contributed by atoms with Crippen LogP contribution in [0, 0.1) is 6.92 Å². The maximum atomic E-state index is 13.8. The van der Waals surface area contributed by atoms with Crippen LogP contribution in [-0.4, -0.2) is 24.8 Å². The van der Waals surface area contributed by atoms with Gasteiger partial charge in [0.15, 0.2) is 5.78 Å². The van der Waals surface area contributed by atoms with E-state index in [1.54, 1.807) is 29.2 Å². The van der Waals surface area contributed by atoms with Crippen molar-refractivity contribution in [1.29, 1.82) is 0 Å². The number of allylic oxidation sites excluding steroid dienone is 1. The quantitative estimate of drug-likeness (QED) is 0.487. The molecule has 3 aromatic rings. The van der Waals surface area contributed by atoms with Gasteiger partial charge >= 0.3 is 5.97 Å². The van der Waals surface area contributed by atoms with Gasteiger partial charge in [-0.15, -0.1) is 0 Å². The van der Waals surface area contributed by atoms with Gasteiger partial charge in [0.1, 0.15) is 0 Å². The third-order valence-electron chi connectivity index (χ3n) is 7.02. The van der Waals surface area contributed by atoms with Crippen LogP contribution >= 0.6 is 0 Å². The highest BCUT2D eigenvalue weighted by atomic mass is 16.5. The summed E-state index contributed by atoms with van der Waals surface area (Å²) in [6, 6.07) is 22.3. The van der Waals surface area contributed by atoms with Crippen molar-refractivity contribution in [3.63, 3.8) is 0 Å². The fourth-order valence-corrected chi connectivity index (χ4v) is 5.25. The summed E-state index contributed by atoms with van der Waals surface area (Å²) in [6.45, 7) is 3.56. The zero-order chi connectivity index (χ0) is 25.4. The molecule has 1 heterocycles. The second-order valence-corrected chi connectivity index (χ2v) is 9.38. The lowest BCUT2D eigenvalue weighted by molar-refractivity contribution is -0.117. The molecule has 0 saturated carbocycles. The highest BCUT2D eigenvalue weighted by Gasteiger charge is 2.40. The van der Waals surface area contributed by atoms with Crippen LogP contribution in [0.25, 0.3) is 0 Å². The van der Waals surface area contributed by atoms with Crippen LogP contribution in [0.2, 0.25) is 0 Å². The van der Waals surface area contributed by atoms with Gasteiger partial charge in [-0.1, -0.05) is 54.1 Å². The summed E-state index contributed by atoms with van der Waals surface area (Å²) in [5.41, 5.74) is 6.38. The molecule has 182 valence electrons. The molecule has 0 spiro atoms. The van der Waals surface area contributed by atoms with Gasteiger partial charge in [0.25, 0.3) is 0 Å². The van der Waals surface area contributed by atoms with Crippen molar-refractivity contribution < 1.29 is 19.1 Å². The molecule has 0 radical (unpaired) electrons. The molecule has 0 bridgehead atoms. The van der Waals surface area contributed by atoms with Crippen LogP contribution in [0.15, 0.2) is 84.1 Å². The number of hydrogen-bond acceptors (Lipinski definition) is 5. The normalized spacial score (nSPS) is 19.1. The van der Waals surface area contributed by atoms with Gasteiger partial charge < -0.3 is 10.1 Å². The van der Waals surface area contributed by atoms with Gasteiger partial charge in [-0.3, -0.25) is 14.5 Å². The van der Waals surface area contributed by atoms with Gasteiger partial charge in [0, 0.05) is 24.6 Å². The second-order valence-electron chi connectivity index (χ2n) is 9.38. The summed E-state index contributed by atoms with van der Waals surface area (Å²) < 4.78 is 4.83. The maximum Gasteiger partial charge on any atom is 0.337 e. The number of fused-ring (bicyclic) bond motifs is 1. The fraction of sp³-hybridized carbons (Fsp3) is 0.233. The monoisotopic (exact) mass is 480 g/mol. The topological polar surface area (TPSA) is 75.7 Å². The summed E-state index contributed by atoms with van der Waals surface area (Å²) in [5.74, 6) is -0.556. The Morgan fingerprint density at radius 3 is 2.25 bits per heavy atom. The Labute approximate surface area is 210 Å². The third kappa shape index (κ3) is 4.19. The molecule has 0 fully saturated rings. The molecule has 6 nitrogen and oxygen atoms in total.